The highest BCUT2D eigenvalue weighted by Crippen LogP contribution is 2.29. The molecule has 2 atom stereocenters. The van der Waals surface area contributed by atoms with Crippen LogP contribution in [0.15, 0.2) is 67.0 Å². The SMILES string of the molecule is COc1cc2ccc1OCC(=O)NCc1ccc(cc1)O[C@H]1CN(C(=O)c3cccnc3)C[C@@H]1NC(=O)CC2. The smallest absolute Gasteiger partial charge is 0.258 e. The Hall–Kier alpha value is -4.60. The summed E-state index contributed by atoms with van der Waals surface area (Å²) in [5.74, 6) is 0.960. The summed E-state index contributed by atoms with van der Waals surface area (Å²) in [7, 11) is 1.53. The van der Waals surface area contributed by atoms with Gasteiger partial charge in [-0.1, -0.05) is 18.2 Å². The summed E-state index contributed by atoms with van der Waals surface area (Å²) < 4.78 is 17.4. The van der Waals surface area contributed by atoms with Gasteiger partial charge in [-0.15, -0.1) is 0 Å². The molecular weight excluding hydrogens is 500 g/mol. The number of nitrogens with zero attached hydrogens (tertiary/aromatic N) is 2. The third-order valence-electron chi connectivity index (χ3n) is 6.74. The number of hydrogen-bond donors (Lipinski definition) is 2. The molecule has 1 fully saturated rings. The van der Waals surface area contributed by atoms with E-state index in [0.717, 1.165) is 11.1 Å². The summed E-state index contributed by atoms with van der Waals surface area (Å²) in [5, 5.41) is 5.92. The van der Waals surface area contributed by atoms with E-state index in [1.165, 1.54) is 13.3 Å². The zero-order valence-electron chi connectivity index (χ0n) is 21.6. The lowest BCUT2D eigenvalue weighted by Gasteiger charge is -2.21. The second kappa shape index (κ2) is 11.8. The number of carbonyl (C=O) groups is 3. The van der Waals surface area contributed by atoms with Gasteiger partial charge in [-0.05, 0) is 53.9 Å². The number of amides is 3. The first kappa shape index (κ1) is 26.0. The maximum Gasteiger partial charge on any atom is 0.258 e. The fourth-order valence-electron chi connectivity index (χ4n) is 4.65. The molecule has 1 aromatic heterocycles. The van der Waals surface area contributed by atoms with Gasteiger partial charge in [0.05, 0.1) is 25.3 Å². The number of rotatable bonds is 2. The third kappa shape index (κ3) is 6.46. The Labute approximate surface area is 226 Å². The molecule has 5 aliphatic rings. The van der Waals surface area contributed by atoms with Crippen LogP contribution in [0.1, 0.15) is 27.9 Å². The van der Waals surface area contributed by atoms with E-state index in [2.05, 4.69) is 15.6 Å². The van der Waals surface area contributed by atoms with Gasteiger partial charge < -0.3 is 29.7 Å². The third-order valence-corrected chi connectivity index (χ3v) is 6.74. The maximum absolute atomic E-state index is 13.1. The van der Waals surface area contributed by atoms with Crippen LogP contribution in [0.2, 0.25) is 0 Å². The molecule has 0 unspecified atom stereocenters. The van der Waals surface area contributed by atoms with Crippen LogP contribution in [-0.4, -0.2) is 66.6 Å². The molecular formula is C29H30N4O6. The van der Waals surface area contributed by atoms with Crippen LogP contribution in [0.3, 0.4) is 0 Å². The first-order valence-electron chi connectivity index (χ1n) is 12.8. The highest BCUT2D eigenvalue weighted by atomic mass is 16.5. The Morgan fingerprint density at radius 1 is 1.03 bits per heavy atom. The number of likely N-dealkylation sites (tertiary alicyclic amines) is 1. The normalized spacial score (nSPS) is 19.8. The van der Waals surface area contributed by atoms with Gasteiger partial charge in [0.1, 0.15) is 11.9 Å². The van der Waals surface area contributed by atoms with E-state index in [-0.39, 0.29) is 30.7 Å². The number of pyridine rings is 1. The highest BCUT2D eigenvalue weighted by molar-refractivity contribution is 5.94. The number of carbonyl (C=O) groups excluding carboxylic acids is 3. The average Bonchev–Trinajstić information content (AvgIpc) is 3.35. The lowest BCUT2D eigenvalue weighted by atomic mass is 10.1. The van der Waals surface area contributed by atoms with Crippen LogP contribution in [0.25, 0.3) is 0 Å². The molecule has 2 N–H and O–H groups in total. The largest absolute Gasteiger partial charge is 0.493 e. The number of hydrogen-bond acceptors (Lipinski definition) is 7. The fourth-order valence-corrected chi connectivity index (χ4v) is 4.65. The molecule has 0 spiro atoms. The number of methoxy groups -OCH3 is 1. The van der Waals surface area contributed by atoms with Gasteiger partial charge >= 0.3 is 0 Å². The van der Waals surface area contributed by atoms with Crippen molar-refractivity contribution >= 4 is 17.7 Å². The van der Waals surface area contributed by atoms with Gasteiger partial charge in [0.25, 0.3) is 11.8 Å². The first-order valence-corrected chi connectivity index (χ1v) is 12.8. The van der Waals surface area contributed by atoms with Gasteiger partial charge in [0, 0.05) is 31.9 Å². The molecule has 5 aliphatic heterocycles. The second-order valence-corrected chi connectivity index (χ2v) is 9.48. The molecule has 39 heavy (non-hydrogen) atoms. The Morgan fingerprint density at radius 3 is 2.62 bits per heavy atom. The summed E-state index contributed by atoms with van der Waals surface area (Å²) >= 11 is 0. The van der Waals surface area contributed by atoms with Crippen molar-refractivity contribution in [2.45, 2.75) is 31.5 Å². The molecule has 6 heterocycles. The van der Waals surface area contributed by atoms with E-state index < -0.39 is 12.1 Å². The summed E-state index contributed by atoms with van der Waals surface area (Å²) in [5.41, 5.74) is 2.26. The fraction of sp³-hybridized carbons (Fsp3) is 0.310. The van der Waals surface area contributed by atoms with Crippen molar-refractivity contribution in [2.24, 2.45) is 0 Å². The average molecular weight is 531 g/mol. The Balaban J connectivity index is 1.37. The summed E-state index contributed by atoms with van der Waals surface area (Å²) in [4.78, 5) is 44.2. The van der Waals surface area contributed by atoms with Gasteiger partial charge in [0.15, 0.2) is 18.1 Å². The van der Waals surface area contributed by atoms with Crippen molar-refractivity contribution in [3.8, 4) is 17.2 Å². The van der Waals surface area contributed by atoms with Gasteiger partial charge in [0.2, 0.25) is 5.91 Å². The minimum Gasteiger partial charge on any atom is -0.493 e. The van der Waals surface area contributed by atoms with E-state index in [1.54, 1.807) is 35.4 Å². The molecule has 202 valence electrons. The van der Waals surface area contributed by atoms with Crippen molar-refractivity contribution in [3.05, 3.63) is 83.7 Å². The zero-order chi connectivity index (χ0) is 27.2. The van der Waals surface area contributed by atoms with Crippen LogP contribution in [0, 0.1) is 0 Å². The molecule has 1 saturated heterocycles. The van der Waals surface area contributed by atoms with Crippen molar-refractivity contribution in [1.29, 1.82) is 0 Å². The molecule has 3 aromatic rings. The number of benzene rings is 2. The molecule has 0 radical (unpaired) electrons. The molecule has 4 bridgehead atoms. The first-order chi connectivity index (χ1) is 19.0. The standard InChI is InChI=1S/C29H30N4O6/c1-37-25-13-19-6-10-24(25)38-18-28(35)31-14-20-4-8-22(9-5-20)39-26-17-33(16-23(26)32-27(34)11-7-19)29(36)21-3-2-12-30-15-21/h2-6,8-10,12-13,15,23,26H,7,11,14,16-18H2,1H3,(H,31,35)(H,32,34)/t23-,26-/m0/s1. The van der Waals surface area contributed by atoms with E-state index in [1.807, 2.05) is 30.3 Å². The van der Waals surface area contributed by atoms with Crippen molar-refractivity contribution in [3.63, 3.8) is 0 Å². The van der Waals surface area contributed by atoms with E-state index in [4.69, 9.17) is 14.2 Å². The summed E-state index contributed by atoms with van der Waals surface area (Å²) in [6.45, 7) is 0.800. The van der Waals surface area contributed by atoms with Crippen LogP contribution < -0.4 is 24.8 Å². The number of nitrogens with one attached hydrogen (secondary N) is 2. The lowest BCUT2D eigenvalue weighted by Crippen LogP contribution is -2.45. The molecule has 10 heteroatoms. The maximum atomic E-state index is 13.1. The second-order valence-electron chi connectivity index (χ2n) is 9.48. The van der Waals surface area contributed by atoms with Crippen LogP contribution in [0.4, 0.5) is 0 Å². The molecule has 3 amide bonds. The summed E-state index contributed by atoms with van der Waals surface area (Å²) in [6, 6.07) is 15.8. The monoisotopic (exact) mass is 530 g/mol. The summed E-state index contributed by atoms with van der Waals surface area (Å²) in [6.07, 6.45) is 3.41. The zero-order valence-corrected chi connectivity index (χ0v) is 21.6. The Bertz CT molecular complexity index is 1330. The number of aryl methyl sites for hydroxylation is 1. The van der Waals surface area contributed by atoms with Crippen molar-refractivity contribution < 1.29 is 28.6 Å². The van der Waals surface area contributed by atoms with Crippen molar-refractivity contribution in [2.75, 3.05) is 26.8 Å². The predicted octanol–water partition coefficient (Wildman–Crippen LogP) is 2.12. The lowest BCUT2D eigenvalue weighted by molar-refractivity contribution is -0.123. The topological polar surface area (TPSA) is 119 Å². The minimum absolute atomic E-state index is 0.148. The molecule has 0 aliphatic carbocycles. The number of ether oxygens (including phenoxy) is 3. The Kier molecular flexibility index (Phi) is 7.91. The number of aromatic nitrogens is 1. The highest BCUT2D eigenvalue weighted by Gasteiger charge is 2.38. The Morgan fingerprint density at radius 2 is 1.85 bits per heavy atom. The van der Waals surface area contributed by atoms with Gasteiger partial charge in [-0.3, -0.25) is 19.4 Å². The van der Waals surface area contributed by atoms with Gasteiger partial charge in [-0.25, -0.2) is 0 Å². The predicted molar refractivity (Wildman–Crippen MR) is 142 cm³/mol. The molecule has 2 aromatic carbocycles. The minimum atomic E-state index is -0.442. The molecule has 8 rings (SSSR count). The van der Waals surface area contributed by atoms with E-state index in [0.29, 0.717) is 48.9 Å². The molecule has 0 saturated carbocycles. The van der Waals surface area contributed by atoms with Crippen LogP contribution in [-0.2, 0) is 22.6 Å². The van der Waals surface area contributed by atoms with Crippen molar-refractivity contribution in [1.82, 2.24) is 20.5 Å². The quantitative estimate of drug-likeness (QED) is 0.521. The molecule has 10 nitrogen and oxygen atoms in total. The van der Waals surface area contributed by atoms with E-state index in [9.17, 15) is 14.4 Å². The van der Waals surface area contributed by atoms with Crippen LogP contribution in [0.5, 0.6) is 17.2 Å². The van der Waals surface area contributed by atoms with Gasteiger partial charge in [-0.2, -0.15) is 0 Å². The van der Waals surface area contributed by atoms with Crippen LogP contribution >= 0.6 is 0 Å². The van der Waals surface area contributed by atoms with E-state index >= 15 is 0 Å².